The van der Waals surface area contributed by atoms with E-state index in [1.54, 1.807) is 18.5 Å². The predicted molar refractivity (Wildman–Crippen MR) is 108 cm³/mol. The minimum Gasteiger partial charge on any atom is -0.324 e. The van der Waals surface area contributed by atoms with Gasteiger partial charge in [-0.1, -0.05) is 48.6 Å². The largest absolute Gasteiger partial charge is 0.324 e. The second-order valence-corrected chi connectivity index (χ2v) is 6.85. The van der Waals surface area contributed by atoms with Crippen LogP contribution in [0.3, 0.4) is 0 Å². The fourth-order valence-electron chi connectivity index (χ4n) is 3.76. The zero-order valence-corrected chi connectivity index (χ0v) is 15.2. The molecule has 0 saturated carbocycles. The molecule has 130 valence electrons. The van der Waals surface area contributed by atoms with Gasteiger partial charge in [0.05, 0.1) is 0 Å². The monoisotopic (exact) mass is 361 g/mol. The molecule has 4 heteroatoms. The first-order chi connectivity index (χ1) is 12.7. The first-order valence-electron chi connectivity index (χ1n) is 8.82. The number of allylic oxidation sites excluding steroid dienone is 2. The Balaban J connectivity index is 0.000000204. The molecule has 0 saturated heterocycles. The number of hydrogen-bond acceptors (Lipinski definition) is 3. The third-order valence-electron chi connectivity index (χ3n) is 4.98. The van der Waals surface area contributed by atoms with E-state index in [1.165, 1.54) is 33.0 Å². The Morgan fingerprint density at radius 3 is 2.54 bits per heavy atom. The number of fused-ring (bicyclic) bond motifs is 4. The molecule has 0 bridgehead atoms. The van der Waals surface area contributed by atoms with Gasteiger partial charge in [0.1, 0.15) is 0 Å². The van der Waals surface area contributed by atoms with Gasteiger partial charge in [0.15, 0.2) is 0 Å². The van der Waals surface area contributed by atoms with Gasteiger partial charge >= 0.3 is 0 Å². The molecule has 0 radical (unpaired) electrons. The Morgan fingerprint density at radius 1 is 0.962 bits per heavy atom. The molecule has 0 aliphatic heterocycles. The third kappa shape index (κ3) is 3.28. The number of aromatic nitrogens is 2. The molecule has 5 rings (SSSR count). The smallest absolute Gasteiger partial charge is 0.222 e. The minimum absolute atomic E-state index is 0.222. The molecule has 2 aromatic carbocycles. The van der Waals surface area contributed by atoms with Crippen molar-refractivity contribution in [3.8, 4) is 0 Å². The van der Waals surface area contributed by atoms with Gasteiger partial charge in [0, 0.05) is 18.4 Å². The van der Waals surface area contributed by atoms with E-state index >= 15 is 0 Å². The topological polar surface area (TPSA) is 51.8 Å². The van der Waals surface area contributed by atoms with Crippen LogP contribution in [0.5, 0.6) is 0 Å². The molecule has 1 aromatic heterocycles. The highest BCUT2D eigenvalue weighted by Crippen LogP contribution is 2.39. The third-order valence-corrected chi connectivity index (χ3v) is 5.17. The van der Waals surface area contributed by atoms with Gasteiger partial charge in [-0.15, -0.1) is 0 Å². The average Bonchev–Trinajstić information content (AvgIpc) is 2.69. The lowest BCUT2D eigenvalue weighted by atomic mass is 9.78. The van der Waals surface area contributed by atoms with Crippen molar-refractivity contribution in [2.45, 2.75) is 25.3 Å². The van der Waals surface area contributed by atoms with Crippen molar-refractivity contribution < 1.29 is 0 Å². The van der Waals surface area contributed by atoms with Crippen molar-refractivity contribution in [2.75, 3.05) is 0 Å². The first kappa shape index (κ1) is 17.0. The van der Waals surface area contributed by atoms with Crippen molar-refractivity contribution in [3.63, 3.8) is 0 Å². The Bertz CT molecular complexity index is 993. The van der Waals surface area contributed by atoms with Gasteiger partial charge in [-0.2, -0.15) is 0 Å². The average molecular weight is 362 g/mol. The van der Waals surface area contributed by atoms with Crippen LogP contribution in [-0.2, 0) is 6.42 Å². The molecular weight excluding hydrogens is 342 g/mol. The van der Waals surface area contributed by atoms with Crippen molar-refractivity contribution in [2.24, 2.45) is 5.73 Å². The van der Waals surface area contributed by atoms with E-state index in [0.29, 0.717) is 5.28 Å². The summed E-state index contributed by atoms with van der Waals surface area (Å²) in [5.41, 5.74) is 12.0. The lowest BCUT2D eigenvalue weighted by Crippen LogP contribution is -2.27. The predicted octanol–water partition coefficient (Wildman–Crippen LogP) is 4.96. The Morgan fingerprint density at radius 2 is 1.77 bits per heavy atom. The second kappa shape index (κ2) is 7.40. The molecular formula is C22H20ClN3. The number of rotatable bonds is 0. The highest BCUT2D eigenvalue weighted by molar-refractivity contribution is 6.28. The molecule has 1 heterocycles. The van der Waals surface area contributed by atoms with E-state index in [-0.39, 0.29) is 6.04 Å². The van der Waals surface area contributed by atoms with Crippen molar-refractivity contribution in [1.29, 1.82) is 0 Å². The van der Waals surface area contributed by atoms with Crippen LogP contribution in [0.1, 0.15) is 24.0 Å². The van der Waals surface area contributed by atoms with Crippen LogP contribution in [0, 0.1) is 0 Å². The van der Waals surface area contributed by atoms with Gasteiger partial charge in [-0.25, -0.2) is 9.97 Å². The summed E-state index contributed by atoms with van der Waals surface area (Å²) in [7, 11) is 0. The van der Waals surface area contributed by atoms with E-state index < -0.39 is 0 Å². The maximum Gasteiger partial charge on any atom is 0.222 e. The summed E-state index contributed by atoms with van der Waals surface area (Å²) in [6.45, 7) is 0. The summed E-state index contributed by atoms with van der Waals surface area (Å²) < 4.78 is 0. The summed E-state index contributed by atoms with van der Waals surface area (Å²) in [4.78, 5) is 7.27. The number of hydrogen-bond donors (Lipinski definition) is 1. The second-order valence-electron chi connectivity index (χ2n) is 6.51. The normalized spacial score (nSPS) is 18.0. The highest BCUT2D eigenvalue weighted by atomic mass is 35.5. The first-order valence-corrected chi connectivity index (χ1v) is 9.20. The summed E-state index contributed by atoms with van der Waals surface area (Å²) in [5.74, 6) is 0. The zero-order chi connectivity index (χ0) is 17.9. The van der Waals surface area contributed by atoms with E-state index in [1.807, 2.05) is 0 Å². The maximum atomic E-state index is 6.25. The van der Waals surface area contributed by atoms with Crippen molar-refractivity contribution in [1.82, 2.24) is 9.97 Å². The number of halogens is 1. The molecule has 2 aliphatic rings. The molecule has 26 heavy (non-hydrogen) atoms. The van der Waals surface area contributed by atoms with E-state index in [9.17, 15) is 0 Å². The van der Waals surface area contributed by atoms with Crippen LogP contribution in [-0.4, -0.2) is 16.0 Å². The summed E-state index contributed by atoms with van der Waals surface area (Å²) >= 11 is 5.32. The summed E-state index contributed by atoms with van der Waals surface area (Å²) in [6, 6.07) is 15.1. The molecule has 0 amide bonds. The van der Waals surface area contributed by atoms with Crippen LogP contribution in [0.15, 0.2) is 72.6 Å². The van der Waals surface area contributed by atoms with Crippen LogP contribution in [0.25, 0.3) is 16.3 Å². The van der Waals surface area contributed by atoms with Crippen LogP contribution < -0.4 is 5.73 Å². The summed E-state index contributed by atoms with van der Waals surface area (Å²) in [5, 5.41) is 3.04. The van der Waals surface area contributed by atoms with E-state index in [4.69, 9.17) is 17.3 Å². The molecule has 0 spiro atoms. The quantitative estimate of drug-likeness (QED) is 0.576. The van der Waals surface area contributed by atoms with Gasteiger partial charge in [0.2, 0.25) is 5.28 Å². The Labute approximate surface area is 158 Å². The fourth-order valence-corrected chi connectivity index (χ4v) is 3.88. The number of aryl methyl sites for hydroxylation is 1. The lowest BCUT2D eigenvalue weighted by Gasteiger charge is -2.29. The Hall–Kier alpha value is -2.49. The molecule has 3 aromatic rings. The van der Waals surface area contributed by atoms with Gasteiger partial charge in [0.25, 0.3) is 0 Å². The molecule has 1 atom stereocenters. The molecule has 0 fully saturated rings. The van der Waals surface area contributed by atoms with Crippen LogP contribution in [0.4, 0.5) is 0 Å². The SMILES string of the molecule is Clc1ncccn1.NC1CC=CC2=C1CCc1c2ccc2ccccc12. The van der Waals surface area contributed by atoms with Crippen molar-refractivity contribution >= 4 is 27.9 Å². The van der Waals surface area contributed by atoms with Gasteiger partial charge in [-0.05, 0) is 70.0 Å². The van der Waals surface area contributed by atoms with E-state index in [2.05, 4.69) is 58.5 Å². The zero-order valence-electron chi connectivity index (χ0n) is 14.4. The van der Waals surface area contributed by atoms with E-state index in [0.717, 1.165) is 19.3 Å². The van der Waals surface area contributed by atoms with Gasteiger partial charge < -0.3 is 5.73 Å². The molecule has 2 aliphatic carbocycles. The van der Waals surface area contributed by atoms with Crippen LogP contribution >= 0.6 is 11.6 Å². The highest BCUT2D eigenvalue weighted by Gasteiger charge is 2.24. The maximum absolute atomic E-state index is 6.25. The standard InChI is InChI=1S/C18H17N.C4H3ClN2/c19-18-7-3-6-14-16-9-8-12-4-1-2-5-13(12)15(16)10-11-17(14)18;5-4-6-2-1-3-7-4/h1-6,8-9,18H,7,10-11,19H2;1-3H. The van der Waals surface area contributed by atoms with Crippen molar-refractivity contribution in [3.05, 3.63) is 89.0 Å². The number of nitrogens with zero attached hydrogens (tertiary/aromatic N) is 2. The molecule has 1 unspecified atom stereocenters. The molecule has 2 N–H and O–H groups in total. The Kier molecular flexibility index (Phi) is 4.83. The lowest BCUT2D eigenvalue weighted by molar-refractivity contribution is 0.718. The minimum atomic E-state index is 0.222. The fraction of sp³-hybridized carbons (Fsp3) is 0.182. The van der Waals surface area contributed by atoms with Gasteiger partial charge in [-0.3, -0.25) is 0 Å². The number of benzene rings is 2. The molecule has 3 nitrogen and oxygen atoms in total. The summed E-state index contributed by atoms with van der Waals surface area (Å²) in [6.07, 6.45) is 10.9. The number of nitrogens with two attached hydrogens (primary N) is 1. The van der Waals surface area contributed by atoms with Crippen LogP contribution in [0.2, 0.25) is 5.28 Å².